The van der Waals surface area contributed by atoms with Crippen molar-refractivity contribution in [1.82, 2.24) is 116 Å². The van der Waals surface area contributed by atoms with Gasteiger partial charge in [0.2, 0.25) is 0 Å². The molecule has 0 saturated heterocycles. The molecule has 4 aliphatic heterocycles. The number of halogens is 4. The zero-order valence-corrected chi connectivity index (χ0v) is 79.1. The molecule has 12 aromatic heterocycles. The smallest absolute Gasteiger partial charge is 0.164 e. The van der Waals surface area contributed by atoms with Gasteiger partial charge in [0, 0.05) is 22.7 Å². The summed E-state index contributed by atoms with van der Waals surface area (Å²) >= 11 is 5.26. The van der Waals surface area contributed by atoms with Crippen LogP contribution in [-0.2, 0) is 0 Å². The van der Waals surface area contributed by atoms with E-state index in [1.807, 2.05) is 86.7 Å². The lowest BCUT2D eigenvalue weighted by molar-refractivity contribution is 0.588. The molecule has 0 unspecified atom stereocenters. The van der Waals surface area contributed by atoms with Gasteiger partial charge in [-0.3, -0.25) is 18.3 Å². The summed E-state index contributed by atoms with van der Waals surface area (Å²) in [4.78, 5) is 50.7. The molecule has 20 aromatic rings. The van der Waals surface area contributed by atoms with Crippen LogP contribution in [0.5, 0.6) is 0 Å². The molecule has 0 spiro atoms. The minimum atomic E-state index is -0.296. The molecule has 40 heteroatoms. The van der Waals surface area contributed by atoms with Gasteiger partial charge in [-0.05, 0) is 247 Å². The Balaban J connectivity index is 0.000000112. The van der Waals surface area contributed by atoms with Crippen molar-refractivity contribution in [3.63, 3.8) is 0 Å². The van der Waals surface area contributed by atoms with Gasteiger partial charge in [-0.25, -0.2) is 57.4 Å². The van der Waals surface area contributed by atoms with E-state index in [9.17, 15) is 38.6 Å². The summed E-state index contributed by atoms with van der Waals surface area (Å²) < 4.78 is 79.3. The first-order valence-electron chi connectivity index (χ1n) is 44.7. The number of aromatic nitrogens is 24. The molecule has 142 heavy (non-hydrogen) atoms. The van der Waals surface area contributed by atoms with Crippen LogP contribution in [0.3, 0.4) is 0 Å². The highest BCUT2D eigenvalue weighted by atomic mass is 32.1. The van der Waals surface area contributed by atoms with Gasteiger partial charge in [0.1, 0.15) is 70.3 Å². The van der Waals surface area contributed by atoms with Gasteiger partial charge < -0.3 is 19.6 Å². The lowest BCUT2D eigenvalue weighted by atomic mass is 10.1. The van der Waals surface area contributed by atoms with E-state index in [1.165, 1.54) is 94.7 Å². The minimum absolute atomic E-state index is 0.113. The summed E-state index contributed by atoms with van der Waals surface area (Å²) in [5.74, 6) is 8.40. The van der Waals surface area contributed by atoms with Gasteiger partial charge in [-0.2, -0.15) is 38.5 Å². The lowest BCUT2D eigenvalue weighted by Gasteiger charge is -2.37. The molecule has 24 rings (SSSR count). The average Bonchev–Trinajstić information content (AvgIpc) is 1.51. The third kappa shape index (κ3) is 16.6. The SMILES string of the molecule is CC[C@@H]1c2nnc(C)n2-c2cnc(-c3cnsc3-c3ccc(F)cc3)nc2N1c1ccc(C#N)cc1.CC[C@@H]1c2nncn2-c2cnc(-c3cnsc3-c3ccc(F)cc3)nc2N1c1cccc(C#N)c1.CC[C@H]1c2nnc(C)n2-c2cnc(-c3cnsc3-c3ccc(F)cc3)nc2N1c1ccc(C#N)cc1.CC[C@H]1c2nncn2-c2cnc(-c3cnsc3-c3ccc(F)cc3)nc2N1c1ccc(C#N)cc1. The van der Waals surface area contributed by atoms with Crippen molar-refractivity contribution in [2.75, 3.05) is 19.6 Å². The molecule has 32 nitrogen and oxygen atoms in total. The van der Waals surface area contributed by atoms with Crippen LogP contribution in [-0.4, -0.2) is 116 Å². The number of fused-ring (bicyclic) bond motifs is 12. The highest BCUT2D eigenvalue weighted by Gasteiger charge is 2.42. The van der Waals surface area contributed by atoms with Crippen molar-refractivity contribution in [3.8, 4) is 134 Å². The van der Waals surface area contributed by atoms with E-state index in [0.29, 0.717) is 68.8 Å². The molecule has 0 saturated carbocycles. The van der Waals surface area contributed by atoms with Crippen LogP contribution in [0, 0.1) is 82.4 Å². The van der Waals surface area contributed by atoms with E-state index in [1.54, 1.807) is 153 Å². The van der Waals surface area contributed by atoms with Crippen LogP contribution in [0.4, 0.5) is 63.6 Å². The van der Waals surface area contributed by atoms with E-state index in [0.717, 1.165) is 170 Å². The summed E-state index contributed by atoms with van der Waals surface area (Å²) in [6, 6.07) is 63.2. The van der Waals surface area contributed by atoms with Crippen LogP contribution < -0.4 is 19.6 Å². The van der Waals surface area contributed by atoms with Crippen LogP contribution in [0.1, 0.15) is 135 Å². The first-order valence-corrected chi connectivity index (χ1v) is 47.8. The molecule has 8 aromatic carbocycles. The van der Waals surface area contributed by atoms with E-state index < -0.39 is 0 Å². The Morgan fingerprint density at radius 2 is 0.585 bits per heavy atom. The van der Waals surface area contributed by atoms with Crippen LogP contribution in [0.15, 0.2) is 256 Å². The van der Waals surface area contributed by atoms with Crippen LogP contribution in [0.25, 0.3) is 110 Å². The van der Waals surface area contributed by atoms with E-state index in [4.69, 9.17) is 29.9 Å². The summed E-state index contributed by atoms with van der Waals surface area (Å²) in [6.07, 6.45) is 20.4. The topological polar surface area (TPSA) is 386 Å². The van der Waals surface area contributed by atoms with Crippen LogP contribution in [0.2, 0.25) is 0 Å². The lowest BCUT2D eigenvalue weighted by Crippen LogP contribution is -2.32. The molecule has 0 bridgehead atoms. The first-order chi connectivity index (χ1) is 69.5. The normalized spacial score (nSPS) is 14.3. The van der Waals surface area contributed by atoms with Crippen molar-refractivity contribution in [2.45, 2.75) is 91.4 Å². The molecule has 0 amide bonds. The standard InChI is InChI=1S/2C26H19FN8S.2C25H17FN8S/c2*1-3-21-26-33-32-15(2)34(26)22-14-29-24(20-13-30-36-23(20)17-6-8-18(27)9-7-17)31-25(22)35(21)19-10-4-16(12-28)5-11-19;1-2-20-25-32-29-14-33(25)21-13-28-23(19-12-30-35-22(19)16-5-7-17(26)8-6-16)31-24(21)34(20)18-9-3-15(11-27)4-10-18;1-2-20-25-32-29-14-33(25)21-13-28-23(19-12-30-35-22(19)16-6-8-17(26)9-7-16)31-24(21)34(20)18-5-3-4-15(10-18)11-27/h2*4-11,13-14,21H,3H2,1-2H3;2*3-10,12-14,20H,2H2,1H3/t2*21-;2*20-/m1001/s1. The molecule has 4 aliphatic rings. The zero-order valence-electron chi connectivity index (χ0n) is 75.8. The Bertz CT molecular complexity index is 8070. The predicted octanol–water partition coefficient (Wildman–Crippen LogP) is 22.5. The zero-order chi connectivity index (χ0) is 97.5. The van der Waals surface area contributed by atoms with Gasteiger partial charge >= 0.3 is 0 Å². The van der Waals surface area contributed by atoms with Gasteiger partial charge in [0.25, 0.3) is 0 Å². The Morgan fingerprint density at radius 1 is 0.303 bits per heavy atom. The Kier molecular flexibility index (Phi) is 24.6. The number of nitriles is 4. The fraction of sp³-hybridized carbons (Fsp3) is 0.137. The monoisotopic (exact) mass is 1950 g/mol. The highest BCUT2D eigenvalue weighted by molar-refractivity contribution is 7.11. The maximum atomic E-state index is 13.5. The fourth-order valence-electron chi connectivity index (χ4n) is 17.8. The summed E-state index contributed by atoms with van der Waals surface area (Å²) in [5, 5.41) is 71.9. The Labute approximate surface area is 823 Å². The summed E-state index contributed by atoms with van der Waals surface area (Å²) in [7, 11) is 0. The van der Waals surface area contributed by atoms with E-state index >= 15 is 0 Å². The van der Waals surface area contributed by atoms with Gasteiger partial charge in [0.15, 0.2) is 69.9 Å². The quantitative estimate of drug-likeness (QED) is 0.0811. The molecule has 0 fully saturated rings. The third-order valence-electron chi connectivity index (χ3n) is 24.5. The van der Waals surface area contributed by atoms with E-state index in [2.05, 4.69) is 140 Å². The Hall–Kier alpha value is -18.0. The number of rotatable bonds is 16. The fourth-order valence-corrected chi connectivity index (χ4v) is 20.8. The van der Waals surface area contributed by atoms with Gasteiger partial charge in [0.05, 0.1) is 162 Å². The largest absolute Gasteiger partial charge is 0.314 e. The number of anilines is 8. The molecular formula is C102H72F4N32S4. The van der Waals surface area contributed by atoms with Crippen molar-refractivity contribution < 1.29 is 17.6 Å². The van der Waals surface area contributed by atoms with Crippen molar-refractivity contribution in [3.05, 3.63) is 337 Å². The van der Waals surface area contributed by atoms with Crippen molar-refractivity contribution in [2.24, 2.45) is 0 Å². The maximum Gasteiger partial charge on any atom is 0.164 e. The van der Waals surface area contributed by atoms with Crippen molar-refractivity contribution in [1.29, 1.82) is 21.0 Å². The minimum Gasteiger partial charge on any atom is -0.314 e. The number of benzene rings is 8. The number of aryl methyl sites for hydroxylation is 2. The summed E-state index contributed by atoms with van der Waals surface area (Å²) in [6.45, 7) is 12.2. The third-order valence-corrected chi connectivity index (χ3v) is 27.9. The van der Waals surface area contributed by atoms with Gasteiger partial charge in [-0.1, -0.05) is 82.3 Å². The Morgan fingerprint density at radius 3 is 0.880 bits per heavy atom. The second-order valence-corrected chi connectivity index (χ2v) is 35.9. The van der Waals surface area contributed by atoms with Crippen LogP contribution >= 0.6 is 46.1 Å². The average molecular weight is 1950 g/mol. The number of hydrogen-bond donors (Lipinski definition) is 0. The second-order valence-electron chi connectivity index (χ2n) is 32.7. The second kappa shape index (κ2) is 38.5. The molecular weight excluding hydrogens is 1880 g/mol. The highest BCUT2D eigenvalue weighted by Crippen LogP contribution is 2.52. The van der Waals surface area contributed by atoms with Crippen molar-refractivity contribution >= 4 is 92.2 Å². The molecule has 4 atom stereocenters. The molecule has 0 N–H and O–H groups in total. The predicted molar refractivity (Wildman–Crippen MR) is 529 cm³/mol. The maximum absolute atomic E-state index is 13.5. The van der Waals surface area contributed by atoms with Gasteiger partial charge in [-0.15, -0.1) is 40.8 Å². The molecule has 0 aliphatic carbocycles. The molecule has 16 heterocycles. The van der Waals surface area contributed by atoms with E-state index in [-0.39, 0.29) is 47.4 Å². The molecule has 692 valence electrons. The summed E-state index contributed by atoms with van der Waals surface area (Å²) in [5.41, 5.74) is 15.3. The number of nitrogens with zero attached hydrogens (tertiary/aromatic N) is 32. The first kappa shape index (κ1) is 90.5. The number of hydrogen-bond acceptors (Lipinski definition) is 32. The molecule has 0 radical (unpaired) electrons.